The number of hydrogen-bond donors (Lipinski definition) is 1. The lowest BCUT2D eigenvalue weighted by Crippen LogP contribution is -2.43. The van der Waals surface area contributed by atoms with Crippen molar-refractivity contribution in [1.29, 1.82) is 0 Å². The highest BCUT2D eigenvalue weighted by atomic mass is 16.4. The van der Waals surface area contributed by atoms with Crippen LogP contribution in [0, 0.1) is 6.92 Å². The molecule has 0 aliphatic carbocycles. The van der Waals surface area contributed by atoms with E-state index in [4.69, 9.17) is 4.42 Å². The summed E-state index contributed by atoms with van der Waals surface area (Å²) >= 11 is 0. The first kappa shape index (κ1) is 15.3. The number of hydrogen-bond acceptors (Lipinski definition) is 3. The molecule has 2 rings (SSSR count). The summed E-state index contributed by atoms with van der Waals surface area (Å²) in [5, 5.41) is 9.67. The minimum absolute atomic E-state index is 0.428. The number of carbonyl (C=O) groups is 1. The van der Waals surface area contributed by atoms with Crippen LogP contribution in [0.25, 0.3) is 0 Å². The number of aryl methyl sites for hydroxylation is 1. The van der Waals surface area contributed by atoms with Crippen LogP contribution in [0.15, 0.2) is 47.1 Å². The van der Waals surface area contributed by atoms with Crippen molar-refractivity contribution in [1.82, 2.24) is 4.90 Å². The Morgan fingerprint density at radius 3 is 2.48 bits per heavy atom. The first-order valence-corrected chi connectivity index (χ1v) is 6.94. The van der Waals surface area contributed by atoms with E-state index in [0.717, 1.165) is 16.9 Å². The van der Waals surface area contributed by atoms with E-state index >= 15 is 0 Å². The van der Waals surface area contributed by atoms with Gasteiger partial charge in [-0.15, -0.1) is 0 Å². The van der Waals surface area contributed by atoms with Gasteiger partial charge in [-0.3, -0.25) is 4.79 Å². The van der Waals surface area contributed by atoms with E-state index in [2.05, 4.69) is 0 Å². The lowest BCUT2D eigenvalue weighted by molar-refractivity contribution is -0.144. The first-order valence-electron chi connectivity index (χ1n) is 6.94. The molecule has 1 heterocycles. The van der Waals surface area contributed by atoms with Crippen molar-refractivity contribution in [3.8, 4) is 0 Å². The summed E-state index contributed by atoms with van der Waals surface area (Å²) < 4.78 is 5.28. The van der Waals surface area contributed by atoms with Crippen molar-refractivity contribution in [2.45, 2.75) is 25.8 Å². The summed E-state index contributed by atoms with van der Waals surface area (Å²) in [5.41, 5.74) is 0.958. The summed E-state index contributed by atoms with van der Waals surface area (Å²) in [5.74, 6) is 0.0584. The highest BCUT2D eigenvalue weighted by molar-refractivity contribution is 5.81. The molecule has 0 spiro atoms. The van der Waals surface area contributed by atoms with Gasteiger partial charge in [-0.05, 0) is 32.5 Å². The zero-order valence-electron chi connectivity index (χ0n) is 12.7. The summed E-state index contributed by atoms with van der Waals surface area (Å²) in [4.78, 5) is 13.8. The normalized spacial score (nSPS) is 14.1. The minimum Gasteiger partial charge on any atom is -0.481 e. The maximum absolute atomic E-state index is 11.8. The largest absolute Gasteiger partial charge is 0.481 e. The van der Waals surface area contributed by atoms with Gasteiger partial charge in [-0.1, -0.05) is 30.3 Å². The number of carboxylic acids is 1. The molecule has 0 bridgehead atoms. The van der Waals surface area contributed by atoms with Gasteiger partial charge in [0.1, 0.15) is 11.2 Å². The van der Waals surface area contributed by atoms with Gasteiger partial charge < -0.3 is 14.4 Å². The quantitative estimate of drug-likeness (QED) is 0.887. The molecular formula is C17H21NO3. The van der Waals surface area contributed by atoms with Gasteiger partial charge in [0.15, 0.2) is 0 Å². The molecule has 0 saturated heterocycles. The molecule has 1 aromatic carbocycles. The van der Waals surface area contributed by atoms with Crippen LogP contribution in [-0.4, -0.2) is 29.6 Å². The summed E-state index contributed by atoms with van der Waals surface area (Å²) in [6.07, 6.45) is 1.66. The van der Waals surface area contributed by atoms with Crippen LogP contribution in [0.4, 0.5) is 0 Å². The third kappa shape index (κ3) is 3.34. The number of likely N-dealkylation sites (N-methyl/N-ethyl adjacent to an activating group) is 1. The number of furan rings is 1. The Kier molecular flexibility index (Phi) is 4.48. The van der Waals surface area contributed by atoms with Crippen molar-refractivity contribution in [3.63, 3.8) is 0 Å². The van der Waals surface area contributed by atoms with Crippen molar-refractivity contribution in [2.24, 2.45) is 0 Å². The van der Waals surface area contributed by atoms with Gasteiger partial charge in [-0.2, -0.15) is 0 Å². The zero-order chi connectivity index (χ0) is 15.5. The highest BCUT2D eigenvalue weighted by Gasteiger charge is 2.36. The third-order valence-corrected chi connectivity index (χ3v) is 3.88. The molecule has 21 heavy (non-hydrogen) atoms. The first-order chi connectivity index (χ1) is 9.93. The molecule has 1 atom stereocenters. The second kappa shape index (κ2) is 6.14. The smallest absolute Gasteiger partial charge is 0.315 e. The molecule has 1 N–H and O–H groups in total. The highest BCUT2D eigenvalue weighted by Crippen LogP contribution is 2.26. The molecule has 2 aromatic rings. The van der Waals surface area contributed by atoms with Crippen LogP contribution in [-0.2, 0) is 16.8 Å². The molecule has 0 aliphatic rings. The summed E-state index contributed by atoms with van der Waals surface area (Å²) in [6, 6.07) is 11.3. The minimum atomic E-state index is -0.937. The van der Waals surface area contributed by atoms with Crippen LogP contribution in [0.2, 0.25) is 0 Å². The maximum Gasteiger partial charge on any atom is 0.315 e. The van der Waals surface area contributed by atoms with Crippen molar-refractivity contribution in [3.05, 3.63) is 59.5 Å². The Morgan fingerprint density at radius 2 is 1.95 bits per heavy atom. The lowest BCUT2D eigenvalue weighted by atomic mass is 9.82. The number of benzene rings is 1. The Hall–Kier alpha value is -2.07. The number of aliphatic carboxylic acids is 1. The van der Waals surface area contributed by atoms with Crippen LogP contribution in [0.3, 0.4) is 0 Å². The molecule has 4 heteroatoms. The van der Waals surface area contributed by atoms with Gasteiger partial charge in [0.25, 0.3) is 0 Å². The molecule has 0 radical (unpaired) electrons. The van der Waals surface area contributed by atoms with E-state index in [-0.39, 0.29) is 0 Å². The molecule has 4 nitrogen and oxygen atoms in total. The van der Waals surface area contributed by atoms with Crippen LogP contribution < -0.4 is 0 Å². The third-order valence-electron chi connectivity index (χ3n) is 3.88. The van der Waals surface area contributed by atoms with Crippen molar-refractivity contribution in [2.75, 3.05) is 13.6 Å². The number of nitrogens with zero attached hydrogens (tertiary/aromatic N) is 1. The standard InChI is InChI=1S/C17H21NO3/c1-13-14(9-10-21-13)11-18(3)12-17(2,16(19)20)15-7-5-4-6-8-15/h4-10H,11-12H2,1-3H3,(H,19,20). The van der Waals surface area contributed by atoms with E-state index in [9.17, 15) is 9.90 Å². The summed E-state index contributed by atoms with van der Waals surface area (Å²) in [7, 11) is 1.93. The van der Waals surface area contributed by atoms with E-state index < -0.39 is 11.4 Å². The van der Waals surface area contributed by atoms with Crippen LogP contribution >= 0.6 is 0 Å². The monoisotopic (exact) mass is 287 g/mol. The van der Waals surface area contributed by atoms with E-state index in [1.165, 1.54) is 0 Å². The van der Waals surface area contributed by atoms with Crippen molar-refractivity contribution >= 4 is 5.97 Å². The zero-order valence-corrected chi connectivity index (χ0v) is 12.7. The molecule has 0 aliphatic heterocycles. The van der Waals surface area contributed by atoms with Gasteiger partial charge in [0.2, 0.25) is 0 Å². The van der Waals surface area contributed by atoms with E-state index in [0.29, 0.717) is 13.1 Å². The summed E-state index contributed by atoms with van der Waals surface area (Å²) in [6.45, 7) is 4.77. The van der Waals surface area contributed by atoms with Crippen LogP contribution in [0.5, 0.6) is 0 Å². The average Bonchev–Trinajstić information content (AvgIpc) is 2.84. The Balaban J connectivity index is 2.17. The Bertz CT molecular complexity index is 606. The van der Waals surface area contributed by atoms with Crippen LogP contribution in [0.1, 0.15) is 23.8 Å². The topological polar surface area (TPSA) is 53.7 Å². The number of rotatable bonds is 6. The van der Waals surface area contributed by atoms with E-state index in [1.54, 1.807) is 13.2 Å². The second-order valence-corrected chi connectivity index (χ2v) is 5.68. The molecule has 0 amide bonds. The fraction of sp³-hybridized carbons (Fsp3) is 0.353. The van der Waals surface area contributed by atoms with E-state index in [1.807, 2.05) is 55.3 Å². The van der Waals surface area contributed by atoms with Gasteiger partial charge >= 0.3 is 5.97 Å². The Labute approximate surface area is 125 Å². The predicted molar refractivity (Wildman–Crippen MR) is 81.2 cm³/mol. The second-order valence-electron chi connectivity index (χ2n) is 5.68. The molecule has 0 saturated carbocycles. The number of carboxylic acid groups (broad SMARTS) is 1. The molecular weight excluding hydrogens is 266 g/mol. The molecule has 112 valence electrons. The van der Waals surface area contributed by atoms with Gasteiger partial charge in [0, 0.05) is 18.7 Å². The lowest BCUT2D eigenvalue weighted by Gasteiger charge is -2.30. The average molecular weight is 287 g/mol. The molecule has 1 aromatic heterocycles. The predicted octanol–water partition coefficient (Wildman–Crippen LogP) is 3.06. The SMILES string of the molecule is Cc1occc1CN(C)CC(C)(C(=O)O)c1ccccc1. The molecule has 0 fully saturated rings. The fourth-order valence-electron chi connectivity index (χ4n) is 2.55. The fourth-order valence-corrected chi connectivity index (χ4v) is 2.55. The van der Waals surface area contributed by atoms with Gasteiger partial charge in [0.05, 0.1) is 6.26 Å². The molecule has 1 unspecified atom stereocenters. The van der Waals surface area contributed by atoms with Crippen molar-refractivity contribution < 1.29 is 14.3 Å². The maximum atomic E-state index is 11.8. The van der Waals surface area contributed by atoms with Gasteiger partial charge in [-0.25, -0.2) is 0 Å². The Morgan fingerprint density at radius 1 is 1.29 bits per heavy atom.